The lowest BCUT2D eigenvalue weighted by atomic mass is 10.0. The lowest BCUT2D eigenvalue weighted by Gasteiger charge is -2.26. The zero-order valence-corrected chi connectivity index (χ0v) is 23.5. The molecule has 0 radical (unpaired) electrons. The predicted octanol–water partition coefficient (Wildman–Crippen LogP) is 11.4. The predicted molar refractivity (Wildman–Crippen MR) is 180 cm³/mol. The van der Waals surface area contributed by atoms with E-state index >= 15 is 0 Å². The zero-order chi connectivity index (χ0) is 28.3. The molecule has 43 heavy (non-hydrogen) atoms. The Morgan fingerprint density at radius 1 is 0.488 bits per heavy atom. The molecule has 0 fully saturated rings. The van der Waals surface area contributed by atoms with Crippen molar-refractivity contribution in [3.05, 3.63) is 163 Å². The first-order valence-electron chi connectivity index (χ1n) is 14.8. The number of fused-ring (bicyclic) bond motifs is 8. The second-order valence-corrected chi connectivity index (χ2v) is 11.3. The van der Waals surface area contributed by atoms with Crippen molar-refractivity contribution in [2.24, 2.45) is 0 Å². The van der Waals surface area contributed by atoms with E-state index in [0.29, 0.717) is 0 Å². The highest BCUT2D eigenvalue weighted by Crippen LogP contribution is 2.46. The molecule has 0 unspecified atom stereocenters. The highest BCUT2D eigenvalue weighted by Gasteiger charge is 2.23. The van der Waals surface area contributed by atoms with Gasteiger partial charge in [-0.15, -0.1) is 0 Å². The number of nitrogens with zero attached hydrogens (tertiary/aromatic N) is 1. The Kier molecular flexibility index (Phi) is 5.30. The SMILES string of the molecule is c1ccc(-c2ccc(N(c3ccc4c(c3)Cc3ccccc3-4)c3cccc4c3oc3ccc5ccccc5c34)cc2)cc1. The van der Waals surface area contributed by atoms with Crippen molar-refractivity contribution in [1.29, 1.82) is 0 Å². The van der Waals surface area contributed by atoms with Gasteiger partial charge in [0, 0.05) is 22.1 Å². The van der Waals surface area contributed by atoms with Crippen LogP contribution < -0.4 is 4.90 Å². The molecule has 202 valence electrons. The molecule has 1 aliphatic rings. The molecule has 0 N–H and O–H groups in total. The Hall–Kier alpha value is -5.60. The van der Waals surface area contributed by atoms with E-state index in [4.69, 9.17) is 4.42 Å². The van der Waals surface area contributed by atoms with Crippen LogP contribution in [-0.2, 0) is 6.42 Å². The molecular weight excluding hydrogens is 522 g/mol. The Morgan fingerprint density at radius 2 is 1.21 bits per heavy atom. The molecule has 9 rings (SSSR count). The van der Waals surface area contributed by atoms with Crippen molar-refractivity contribution in [2.75, 3.05) is 4.90 Å². The quantitative estimate of drug-likeness (QED) is 0.217. The summed E-state index contributed by atoms with van der Waals surface area (Å²) in [5.41, 5.74) is 12.9. The molecule has 0 spiro atoms. The number of para-hydroxylation sites is 1. The molecular formula is C41H27NO. The van der Waals surface area contributed by atoms with Crippen LogP contribution >= 0.6 is 0 Å². The standard InChI is InChI=1S/C41H27NO/c1-2-9-27(10-3-1)28-17-20-32(21-18-28)42(33-22-23-35-31(26-33)25-30-12-5-6-13-34(30)35)38-16-8-15-37-40-36-14-7-4-11-29(36)19-24-39(40)43-41(37)38/h1-24,26H,25H2. The van der Waals surface area contributed by atoms with Crippen LogP contribution in [-0.4, -0.2) is 0 Å². The van der Waals surface area contributed by atoms with E-state index in [1.807, 2.05) is 0 Å². The Bertz CT molecular complexity index is 2310. The number of anilines is 3. The van der Waals surface area contributed by atoms with Crippen molar-refractivity contribution in [3.8, 4) is 22.3 Å². The third-order valence-electron chi connectivity index (χ3n) is 8.88. The number of benzene rings is 7. The van der Waals surface area contributed by atoms with Crippen LogP contribution in [0, 0.1) is 0 Å². The summed E-state index contributed by atoms with van der Waals surface area (Å²) in [7, 11) is 0. The number of hydrogen-bond acceptors (Lipinski definition) is 2. The van der Waals surface area contributed by atoms with E-state index in [1.165, 1.54) is 49.5 Å². The summed E-state index contributed by atoms with van der Waals surface area (Å²) >= 11 is 0. The monoisotopic (exact) mass is 549 g/mol. The smallest absolute Gasteiger partial charge is 0.159 e. The molecule has 0 aliphatic heterocycles. The van der Waals surface area contributed by atoms with Crippen LogP contribution in [0.3, 0.4) is 0 Å². The van der Waals surface area contributed by atoms with Crippen LogP contribution in [0.4, 0.5) is 17.1 Å². The summed E-state index contributed by atoms with van der Waals surface area (Å²) in [5, 5.41) is 4.72. The van der Waals surface area contributed by atoms with Gasteiger partial charge in [-0.1, -0.05) is 115 Å². The lowest BCUT2D eigenvalue weighted by Crippen LogP contribution is -2.10. The first kappa shape index (κ1) is 24.0. The second-order valence-electron chi connectivity index (χ2n) is 11.3. The fourth-order valence-electron chi connectivity index (χ4n) is 6.86. The minimum absolute atomic E-state index is 0.893. The molecule has 0 saturated heterocycles. The highest BCUT2D eigenvalue weighted by atomic mass is 16.3. The van der Waals surface area contributed by atoms with Gasteiger partial charge in [0.1, 0.15) is 5.58 Å². The molecule has 2 heteroatoms. The van der Waals surface area contributed by atoms with Crippen LogP contribution in [0.15, 0.2) is 156 Å². The summed E-state index contributed by atoms with van der Waals surface area (Å²) in [6, 6.07) is 54.4. The highest BCUT2D eigenvalue weighted by molar-refractivity contribution is 6.21. The average Bonchev–Trinajstić information content (AvgIpc) is 3.64. The lowest BCUT2D eigenvalue weighted by molar-refractivity contribution is 0.669. The van der Waals surface area contributed by atoms with Gasteiger partial charge in [0.05, 0.1) is 5.69 Å². The molecule has 0 amide bonds. The molecule has 8 aromatic rings. The van der Waals surface area contributed by atoms with Gasteiger partial charge in [-0.3, -0.25) is 0 Å². The third-order valence-corrected chi connectivity index (χ3v) is 8.88. The third kappa shape index (κ3) is 3.80. The molecule has 1 aromatic heterocycles. The second kappa shape index (κ2) is 9.47. The topological polar surface area (TPSA) is 16.4 Å². The van der Waals surface area contributed by atoms with E-state index in [-0.39, 0.29) is 0 Å². The molecule has 7 aromatic carbocycles. The molecule has 0 atom stereocenters. The van der Waals surface area contributed by atoms with Crippen LogP contribution in [0.5, 0.6) is 0 Å². The van der Waals surface area contributed by atoms with Gasteiger partial charge in [0.15, 0.2) is 5.58 Å². The Morgan fingerprint density at radius 3 is 2.12 bits per heavy atom. The van der Waals surface area contributed by atoms with E-state index in [9.17, 15) is 0 Å². The van der Waals surface area contributed by atoms with Crippen LogP contribution in [0.25, 0.3) is 55.0 Å². The first-order valence-corrected chi connectivity index (χ1v) is 14.8. The molecule has 1 aliphatic carbocycles. The maximum atomic E-state index is 6.71. The first-order chi connectivity index (χ1) is 21.3. The number of hydrogen-bond donors (Lipinski definition) is 0. The van der Waals surface area contributed by atoms with Crippen molar-refractivity contribution >= 4 is 49.8 Å². The normalized spacial score (nSPS) is 12.1. The molecule has 0 bridgehead atoms. The van der Waals surface area contributed by atoms with Gasteiger partial charge in [0.2, 0.25) is 0 Å². The van der Waals surface area contributed by atoms with Crippen LogP contribution in [0.1, 0.15) is 11.1 Å². The van der Waals surface area contributed by atoms with Gasteiger partial charge in [-0.25, -0.2) is 0 Å². The van der Waals surface area contributed by atoms with Crippen molar-refractivity contribution in [3.63, 3.8) is 0 Å². The van der Waals surface area contributed by atoms with Gasteiger partial charge < -0.3 is 9.32 Å². The van der Waals surface area contributed by atoms with Crippen molar-refractivity contribution in [2.45, 2.75) is 6.42 Å². The summed E-state index contributed by atoms with van der Waals surface area (Å²) in [5.74, 6) is 0. The van der Waals surface area contributed by atoms with E-state index in [1.54, 1.807) is 0 Å². The Balaban J connectivity index is 1.26. The summed E-state index contributed by atoms with van der Waals surface area (Å²) in [6.45, 7) is 0. The van der Waals surface area contributed by atoms with Gasteiger partial charge in [-0.2, -0.15) is 0 Å². The average molecular weight is 550 g/mol. The van der Waals surface area contributed by atoms with Crippen LogP contribution in [0.2, 0.25) is 0 Å². The Labute approximate surface area is 250 Å². The van der Waals surface area contributed by atoms with Gasteiger partial charge in [-0.05, 0) is 87.0 Å². The zero-order valence-electron chi connectivity index (χ0n) is 23.5. The number of rotatable bonds is 4. The van der Waals surface area contributed by atoms with Crippen molar-refractivity contribution in [1.82, 2.24) is 0 Å². The summed E-state index contributed by atoms with van der Waals surface area (Å²) in [4.78, 5) is 2.35. The molecule has 0 saturated carbocycles. The number of furan rings is 1. The maximum absolute atomic E-state index is 6.71. The fourth-order valence-corrected chi connectivity index (χ4v) is 6.86. The summed E-state index contributed by atoms with van der Waals surface area (Å²) in [6.07, 6.45) is 0.945. The molecule has 1 heterocycles. The fraction of sp³-hybridized carbons (Fsp3) is 0.0244. The largest absolute Gasteiger partial charge is 0.454 e. The van der Waals surface area contributed by atoms with E-state index < -0.39 is 0 Å². The van der Waals surface area contributed by atoms with Gasteiger partial charge in [0.25, 0.3) is 0 Å². The minimum Gasteiger partial charge on any atom is -0.454 e. The van der Waals surface area contributed by atoms with E-state index in [2.05, 4.69) is 157 Å². The molecule has 2 nitrogen and oxygen atoms in total. The summed E-state index contributed by atoms with van der Waals surface area (Å²) < 4.78 is 6.71. The maximum Gasteiger partial charge on any atom is 0.159 e. The van der Waals surface area contributed by atoms with Crippen molar-refractivity contribution < 1.29 is 4.42 Å². The minimum atomic E-state index is 0.893. The van der Waals surface area contributed by atoms with E-state index in [0.717, 1.165) is 40.0 Å². The van der Waals surface area contributed by atoms with Gasteiger partial charge >= 0.3 is 0 Å².